The third kappa shape index (κ3) is 1.06. The Morgan fingerprint density at radius 2 is 1.44 bits per heavy atom. The minimum atomic E-state index is 0.597. The van der Waals surface area contributed by atoms with Crippen LogP contribution in [-0.4, -0.2) is 35.1 Å². The van der Waals surface area contributed by atoms with Crippen molar-refractivity contribution in [2.75, 3.05) is 17.4 Å². The molecule has 3 aromatic rings. The number of H-pyrrole nitrogens is 4. The molecule has 0 bridgehead atoms. The zero-order valence-corrected chi connectivity index (χ0v) is 8.23. The molecule has 2 heterocycles. The summed E-state index contributed by atoms with van der Waals surface area (Å²) in [5, 5.41) is 11.4. The van der Waals surface area contributed by atoms with Crippen LogP contribution in [0.5, 0.6) is 0 Å². The molecule has 0 fully saturated rings. The molecule has 3 rings (SSSR count). The SMILES string of the molecule is Nc1cc2[nH]n(N)[nH]n3[nH]n(N)[nH]c(c1)c23. The minimum absolute atomic E-state index is 0.597. The molecule has 0 aliphatic heterocycles. The van der Waals surface area contributed by atoms with E-state index in [1.54, 1.807) is 16.8 Å². The third-order valence-corrected chi connectivity index (χ3v) is 2.25. The summed E-state index contributed by atoms with van der Waals surface area (Å²) in [5.41, 5.74) is 8.68. The fraction of sp³-hybridized carbons (Fsp3) is 0. The molecule has 0 spiro atoms. The van der Waals surface area contributed by atoms with E-state index in [9.17, 15) is 0 Å². The van der Waals surface area contributed by atoms with Gasteiger partial charge in [-0.25, -0.2) is 0 Å². The van der Waals surface area contributed by atoms with E-state index in [4.69, 9.17) is 17.4 Å². The van der Waals surface area contributed by atoms with E-state index in [0.29, 0.717) is 5.69 Å². The lowest BCUT2D eigenvalue weighted by atomic mass is 10.2. The topological polar surface area (TPSA) is 155 Å². The molecule has 0 aliphatic rings. The zero-order chi connectivity index (χ0) is 11.3. The second-order valence-corrected chi connectivity index (χ2v) is 3.46. The third-order valence-electron chi connectivity index (χ3n) is 2.25. The maximum atomic E-state index is 5.76. The monoisotopic (exact) mass is 224 g/mol. The van der Waals surface area contributed by atoms with Crippen LogP contribution in [-0.2, 0) is 0 Å². The Balaban J connectivity index is 2.64. The average molecular weight is 224 g/mol. The predicted octanol–water partition coefficient (Wildman–Crippen LogP) is -1.30. The minimum Gasteiger partial charge on any atom is -0.399 e. The summed E-state index contributed by atoms with van der Waals surface area (Å²) >= 11 is 0. The number of nitrogen functional groups attached to an aromatic ring is 3. The van der Waals surface area contributed by atoms with Gasteiger partial charge in [-0.1, -0.05) is 0 Å². The van der Waals surface area contributed by atoms with Crippen molar-refractivity contribution < 1.29 is 0 Å². The highest BCUT2D eigenvalue weighted by Crippen LogP contribution is 2.17. The lowest BCUT2D eigenvalue weighted by molar-refractivity contribution is 0.488. The van der Waals surface area contributed by atoms with Gasteiger partial charge in [-0.3, -0.25) is 10.2 Å². The van der Waals surface area contributed by atoms with Gasteiger partial charge >= 0.3 is 0 Å². The van der Waals surface area contributed by atoms with E-state index < -0.39 is 0 Å². The highest BCUT2D eigenvalue weighted by atomic mass is 15.8. The molecule has 10 heteroatoms. The lowest BCUT2D eigenvalue weighted by Gasteiger charge is -2.13. The van der Waals surface area contributed by atoms with Crippen molar-refractivity contribution in [1.29, 1.82) is 0 Å². The van der Waals surface area contributed by atoms with E-state index in [2.05, 4.69) is 20.6 Å². The Kier molecular flexibility index (Phi) is 1.40. The second kappa shape index (κ2) is 2.62. The number of hydrogen-bond acceptors (Lipinski definition) is 3. The van der Waals surface area contributed by atoms with E-state index in [0.717, 1.165) is 16.6 Å². The summed E-state index contributed by atoms with van der Waals surface area (Å²) in [5.74, 6) is 11.2. The number of nitrogens with zero attached hydrogens (tertiary/aromatic N) is 3. The standard InChI is InChI=1S/C6H12N10/c7-3-1-4-6-5(2-3)11-16(9)13-14(6)12-15(8)10-4/h1-2,10-13H,7-9H2. The Hall–Kier alpha value is -2.78. The van der Waals surface area contributed by atoms with Crippen molar-refractivity contribution in [2.24, 2.45) is 0 Å². The highest BCUT2D eigenvalue weighted by Gasteiger charge is 2.05. The van der Waals surface area contributed by atoms with Crippen LogP contribution in [0.15, 0.2) is 12.1 Å². The van der Waals surface area contributed by atoms with Gasteiger partial charge in [-0.2, -0.15) is 15.1 Å². The molecule has 86 valence electrons. The molecule has 0 saturated carbocycles. The molecule has 0 amide bonds. The van der Waals surface area contributed by atoms with Gasteiger partial charge in [0.2, 0.25) is 0 Å². The van der Waals surface area contributed by atoms with Gasteiger partial charge < -0.3 is 17.4 Å². The Morgan fingerprint density at radius 3 is 1.94 bits per heavy atom. The largest absolute Gasteiger partial charge is 0.399 e. The number of benzene rings is 1. The molecule has 0 saturated heterocycles. The highest BCUT2D eigenvalue weighted by molar-refractivity contribution is 5.92. The van der Waals surface area contributed by atoms with Gasteiger partial charge in [-0.15, -0.1) is 9.81 Å². The molecule has 0 atom stereocenters. The van der Waals surface area contributed by atoms with Crippen molar-refractivity contribution in [3.05, 3.63) is 12.1 Å². The summed E-state index contributed by atoms with van der Waals surface area (Å²) in [7, 11) is 0. The van der Waals surface area contributed by atoms with Crippen molar-refractivity contribution in [3.8, 4) is 0 Å². The summed E-state index contributed by atoms with van der Waals surface area (Å²) in [4.78, 5) is 2.36. The Labute approximate surface area is 87.7 Å². The van der Waals surface area contributed by atoms with Crippen LogP contribution in [0.4, 0.5) is 5.69 Å². The summed E-state index contributed by atoms with van der Waals surface area (Å²) < 4.78 is 1.55. The van der Waals surface area contributed by atoms with Crippen LogP contribution in [0, 0.1) is 0 Å². The van der Waals surface area contributed by atoms with Crippen LogP contribution in [0.1, 0.15) is 0 Å². The van der Waals surface area contributed by atoms with Gasteiger partial charge in [-0.05, 0) is 12.1 Å². The zero-order valence-electron chi connectivity index (χ0n) is 8.23. The summed E-state index contributed by atoms with van der Waals surface area (Å²) in [6.45, 7) is 0. The summed E-state index contributed by atoms with van der Waals surface area (Å²) in [6.07, 6.45) is 0. The van der Waals surface area contributed by atoms with E-state index in [-0.39, 0.29) is 0 Å². The van der Waals surface area contributed by atoms with Crippen LogP contribution >= 0.6 is 0 Å². The molecule has 10 N–H and O–H groups in total. The number of aromatic amines is 4. The van der Waals surface area contributed by atoms with E-state index in [1.807, 2.05) is 0 Å². The van der Waals surface area contributed by atoms with Gasteiger partial charge in [0.1, 0.15) is 5.52 Å². The number of nitrogens with one attached hydrogen (secondary N) is 4. The average Bonchev–Trinajstić information content (AvgIpc) is 2.14. The molecule has 0 aliphatic carbocycles. The Bertz CT molecular complexity index is 561. The maximum Gasteiger partial charge on any atom is 0.135 e. The molecular weight excluding hydrogens is 212 g/mol. The molecular formula is C6H12N10. The van der Waals surface area contributed by atoms with Gasteiger partial charge in [0.15, 0.2) is 0 Å². The van der Waals surface area contributed by atoms with Crippen molar-refractivity contribution in [2.45, 2.75) is 0 Å². The number of hydrogen-bond donors (Lipinski definition) is 7. The van der Waals surface area contributed by atoms with Crippen molar-refractivity contribution in [1.82, 2.24) is 35.1 Å². The first-order valence-electron chi connectivity index (χ1n) is 4.53. The predicted molar refractivity (Wildman–Crippen MR) is 59.4 cm³/mol. The van der Waals surface area contributed by atoms with E-state index >= 15 is 0 Å². The first kappa shape index (κ1) is 8.52. The van der Waals surface area contributed by atoms with E-state index in [1.165, 1.54) is 9.81 Å². The molecule has 2 aromatic heterocycles. The van der Waals surface area contributed by atoms with Crippen LogP contribution in [0.25, 0.3) is 16.6 Å². The quantitative estimate of drug-likeness (QED) is 0.187. The Morgan fingerprint density at radius 1 is 0.938 bits per heavy atom. The van der Waals surface area contributed by atoms with Crippen LogP contribution < -0.4 is 17.4 Å². The molecule has 10 nitrogen and oxygen atoms in total. The van der Waals surface area contributed by atoms with Crippen LogP contribution in [0.2, 0.25) is 0 Å². The molecule has 1 aromatic carbocycles. The number of rotatable bonds is 0. The fourth-order valence-corrected chi connectivity index (χ4v) is 1.72. The molecule has 0 radical (unpaired) electrons. The number of aromatic nitrogens is 7. The molecule has 16 heavy (non-hydrogen) atoms. The van der Waals surface area contributed by atoms with Gasteiger partial charge in [0.05, 0.1) is 11.0 Å². The number of nitrogens with two attached hydrogens (primary N) is 3. The summed E-state index contributed by atoms with van der Waals surface area (Å²) in [6, 6.07) is 3.53. The van der Waals surface area contributed by atoms with Crippen molar-refractivity contribution in [3.63, 3.8) is 0 Å². The second-order valence-electron chi connectivity index (χ2n) is 3.46. The first-order valence-corrected chi connectivity index (χ1v) is 4.53. The molecule has 0 unspecified atom stereocenters. The van der Waals surface area contributed by atoms with Gasteiger partial charge in [0, 0.05) is 5.69 Å². The smallest absolute Gasteiger partial charge is 0.135 e. The number of anilines is 1. The van der Waals surface area contributed by atoms with Crippen molar-refractivity contribution >= 4 is 22.2 Å². The van der Waals surface area contributed by atoms with Crippen LogP contribution in [0.3, 0.4) is 0 Å². The maximum absolute atomic E-state index is 5.76. The lowest BCUT2D eigenvalue weighted by Crippen LogP contribution is -2.27. The first-order chi connectivity index (χ1) is 7.63. The normalized spacial score (nSPS) is 11.2. The van der Waals surface area contributed by atoms with Gasteiger partial charge in [0.25, 0.3) is 0 Å². The fourth-order valence-electron chi connectivity index (χ4n) is 1.72.